The van der Waals surface area contributed by atoms with E-state index in [0.717, 1.165) is 6.42 Å². The van der Waals surface area contributed by atoms with E-state index in [1.807, 2.05) is 13.0 Å². The Morgan fingerprint density at radius 2 is 2.00 bits per heavy atom. The van der Waals surface area contributed by atoms with Crippen LogP contribution in [0.1, 0.15) is 27.2 Å². The van der Waals surface area contributed by atoms with Crippen LogP contribution < -0.4 is 10.0 Å². The first-order valence-electron chi connectivity index (χ1n) is 7.02. The van der Waals surface area contributed by atoms with Gasteiger partial charge in [0.15, 0.2) is 10.8 Å². The molecule has 0 aliphatic carbocycles. The molecule has 1 atom stereocenters. The van der Waals surface area contributed by atoms with E-state index < -0.39 is 10.0 Å². The molecule has 2 N–H and O–H groups in total. The first-order chi connectivity index (χ1) is 9.85. The normalized spacial score (nSPS) is 13.8. The van der Waals surface area contributed by atoms with Crippen LogP contribution in [0.5, 0.6) is 0 Å². The van der Waals surface area contributed by atoms with E-state index in [9.17, 15) is 8.42 Å². The molecule has 0 saturated carbocycles. The van der Waals surface area contributed by atoms with Crippen molar-refractivity contribution in [3.05, 3.63) is 24.4 Å². The number of hydrogen-bond donors (Lipinski definition) is 2. The molecular formula is C14H22N4O2S. The standard InChI is InChI=1S/C14H22N4O2S/c1-10(2)9-11(3)17-21(19,20)14-13(15-4)16-12-7-5-6-8-18(12)14/h5-8,10-11,15,17H,9H2,1-4H3. The Morgan fingerprint density at radius 3 is 2.62 bits per heavy atom. The summed E-state index contributed by atoms with van der Waals surface area (Å²) in [5.41, 5.74) is 0.596. The summed E-state index contributed by atoms with van der Waals surface area (Å²) >= 11 is 0. The predicted molar refractivity (Wildman–Crippen MR) is 84.0 cm³/mol. The zero-order chi connectivity index (χ0) is 15.6. The lowest BCUT2D eigenvalue weighted by Crippen LogP contribution is -2.34. The van der Waals surface area contributed by atoms with Crippen molar-refractivity contribution in [2.45, 2.75) is 38.3 Å². The second kappa shape index (κ2) is 6.03. The highest BCUT2D eigenvalue weighted by Crippen LogP contribution is 2.22. The zero-order valence-corrected chi connectivity index (χ0v) is 13.6. The molecule has 7 heteroatoms. The van der Waals surface area contributed by atoms with Crippen LogP contribution in [0, 0.1) is 5.92 Å². The molecular weight excluding hydrogens is 288 g/mol. The lowest BCUT2D eigenvalue weighted by Gasteiger charge is -2.16. The largest absolute Gasteiger partial charge is 0.371 e. The van der Waals surface area contributed by atoms with Gasteiger partial charge in [-0.05, 0) is 31.4 Å². The summed E-state index contributed by atoms with van der Waals surface area (Å²) < 4.78 is 29.6. The summed E-state index contributed by atoms with van der Waals surface area (Å²) in [6.07, 6.45) is 2.48. The van der Waals surface area contributed by atoms with Crippen molar-refractivity contribution in [3.8, 4) is 0 Å². The smallest absolute Gasteiger partial charge is 0.260 e. The lowest BCUT2D eigenvalue weighted by atomic mass is 10.1. The Bertz CT molecular complexity index is 722. The number of anilines is 1. The molecule has 0 spiro atoms. The molecule has 0 saturated heterocycles. The molecule has 2 heterocycles. The average molecular weight is 310 g/mol. The molecule has 6 nitrogen and oxygen atoms in total. The first-order valence-corrected chi connectivity index (χ1v) is 8.50. The maximum absolute atomic E-state index is 12.7. The molecule has 0 fully saturated rings. The van der Waals surface area contributed by atoms with Gasteiger partial charge in [-0.2, -0.15) is 0 Å². The molecule has 2 aromatic rings. The molecule has 2 aromatic heterocycles. The van der Waals surface area contributed by atoms with Crippen molar-refractivity contribution in [3.63, 3.8) is 0 Å². The average Bonchev–Trinajstić information content (AvgIpc) is 2.75. The van der Waals surface area contributed by atoms with E-state index in [0.29, 0.717) is 17.4 Å². The molecule has 0 amide bonds. The summed E-state index contributed by atoms with van der Waals surface area (Å²) in [6, 6.07) is 5.25. The van der Waals surface area contributed by atoms with E-state index in [1.165, 1.54) is 0 Å². The Kier molecular flexibility index (Phi) is 4.53. The fraction of sp³-hybridized carbons (Fsp3) is 0.500. The van der Waals surface area contributed by atoms with Gasteiger partial charge in [-0.15, -0.1) is 0 Å². The van der Waals surface area contributed by atoms with Gasteiger partial charge in [0.2, 0.25) is 0 Å². The van der Waals surface area contributed by atoms with Crippen LogP contribution in [0.2, 0.25) is 0 Å². The quantitative estimate of drug-likeness (QED) is 0.856. The number of fused-ring (bicyclic) bond motifs is 1. The van der Waals surface area contributed by atoms with Crippen LogP contribution in [-0.2, 0) is 10.0 Å². The van der Waals surface area contributed by atoms with E-state index in [1.54, 1.807) is 29.8 Å². The number of sulfonamides is 1. The number of rotatable bonds is 6. The third-order valence-electron chi connectivity index (χ3n) is 3.16. The van der Waals surface area contributed by atoms with Gasteiger partial charge in [0.05, 0.1) is 0 Å². The van der Waals surface area contributed by atoms with Gasteiger partial charge in [0, 0.05) is 19.3 Å². The molecule has 0 aliphatic rings. The highest BCUT2D eigenvalue weighted by molar-refractivity contribution is 7.89. The van der Waals surface area contributed by atoms with Crippen molar-refractivity contribution in [2.75, 3.05) is 12.4 Å². The van der Waals surface area contributed by atoms with Gasteiger partial charge < -0.3 is 5.32 Å². The maximum atomic E-state index is 12.7. The summed E-state index contributed by atoms with van der Waals surface area (Å²) in [5.74, 6) is 0.777. The number of aromatic nitrogens is 2. The van der Waals surface area contributed by atoms with Crippen molar-refractivity contribution < 1.29 is 8.42 Å². The van der Waals surface area contributed by atoms with E-state index >= 15 is 0 Å². The Labute approximate surface area is 125 Å². The molecule has 0 aromatic carbocycles. The van der Waals surface area contributed by atoms with Crippen molar-refractivity contribution in [2.24, 2.45) is 5.92 Å². The second-order valence-corrected chi connectivity index (χ2v) is 7.23. The number of nitrogens with one attached hydrogen (secondary N) is 2. The van der Waals surface area contributed by atoms with Crippen LogP contribution >= 0.6 is 0 Å². The SMILES string of the molecule is CNc1nc2ccccn2c1S(=O)(=O)NC(C)CC(C)C. The molecule has 116 valence electrons. The minimum atomic E-state index is -3.64. The van der Waals surface area contributed by atoms with Gasteiger partial charge in [0.25, 0.3) is 10.0 Å². The van der Waals surface area contributed by atoms with E-state index in [4.69, 9.17) is 0 Å². The summed E-state index contributed by atoms with van der Waals surface area (Å²) in [5, 5.41) is 3.00. The van der Waals surface area contributed by atoms with E-state index in [2.05, 4.69) is 28.9 Å². The molecule has 0 bridgehead atoms. The third-order valence-corrected chi connectivity index (χ3v) is 4.77. The molecule has 0 aliphatic heterocycles. The molecule has 0 radical (unpaired) electrons. The van der Waals surface area contributed by atoms with Crippen LogP contribution in [0.4, 0.5) is 5.82 Å². The lowest BCUT2D eigenvalue weighted by molar-refractivity contribution is 0.481. The Morgan fingerprint density at radius 1 is 1.29 bits per heavy atom. The third kappa shape index (κ3) is 3.36. The molecule has 1 unspecified atom stereocenters. The topological polar surface area (TPSA) is 75.5 Å². The molecule has 2 rings (SSSR count). The van der Waals surface area contributed by atoms with Gasteiger partial charge in [0.1, 0.15) is 5.65 Å². The van der Waals surface area contributed by atoms with Gasteiger partial charge in [-0.1, -0.05) is 19.9 Å². The zero-order valence-electron chi connectivity index (χ0n) is 12.8. The Hall–Kier alpha value is -1.60. The number of nitrogens with zero attached hydrogens (tertiary/aromatic N) is 2. The van der Waals surface area contributed by atoms with Gasteiger partial charge >= 0.3 is 0 Å². The summed E-state index contributed by atoms with van der Waals surface area (Å²) in [4.78, 5) is 4.30. The second-order valence-electron chi connectivity index (χ2n) is 5.60. The van der Waals surface area contributed by atoms with Crippen LogP contribution in [0.3, 0.4) is 0 Å². The summed E-state index contributed by atoms with van der Waals surface area (Å²) in [6.45, 7) is 6.01. The predicted octanol–water partition coefficient (Wildman–Crippen LogP) is 2.09. The van der Waals surface area contributed by atoms with Crippen molar-refractivity contribution in [1.29, 1.82) is 0 Å². The summed E-state index contributed by atoms with van der Waals surface area (Å²) in [7, 11) is -1.98. The number of imidazole rings is 1. The van der Waals surface area contributed by atoms with Crippen LogP contribution in [0.25, 0.3) is 5.65 Å². The maximum Gasteiger partial charge on any atom is 0.260 e. The van der Waals surface area contributed by atoms with Crippen LogP contribution in [0.15, 0.2) is 29.4 Å². The minimum absolute atomic E-state index is 0.131. The first kappa shape index (κ1) is 15.8. The van der Waals surface area contributed by atoms with E-state index in [-0.39, 0.29) is 11.1 Å². The Balaban J connectivity index is 2.44. The van der Waals surface area contributed by atoms with Crippen molar-refractivity contribution in [1.82, 2.24) is 14.1 Å². The van der Waals surface area contributed by atoms with Gasteiger partial charge in [-0.3, -0.25) is 4.40 Å². The van der Waals surface area contributed by atoms with Gasteiger partial charge in [-0.25, -0.2) is 18.1 Å². The highest BCUT2D eigenvalue weighted by Gasteiger charge is 2.26. The van der Waals surface area contributed by atoms with Crippen LogP contribution in [-0.4, -0.2) is 30.9 Å². The number of pyridine rings is 1. The molecule has 21 heavy (non-hydrogen) atoms. The highest BCUT2D eigenvalue weighted by atomic mass is 32.2. The van der Waals surface area contributed by atoms with Crippen molar-refractivity contribution >= 4 is 21.5 Å². The fourth-order valence-electron chi connectivity index (χ4n) is 2.47. The fourth-order valence-corrected chi connectivity index (χ4v) is 4.02. The number of hydrogen-bond acceptors (Lipinski definition) is 4. The minimum Gasteiger partial charge on any atom is -0.371 e. The monoisotopic (exact) mass is 310 g/mol.